The number of hydrogen-bond donors (Lipinski definition) is 2. The maximum atomic E-state index is 5.89. The average Bonchev–Trinajstić information content (AvgIpc) is 3.33. The van der Waals surface area contributed by atoms with Crippen molar-refractivity contribution in [1.82, 2.24) is 25.8 Å². The van der Waals surface area contributed by atoms with Crippen molar-refractivity contribution >= 4 is 16.7 Å². The lowest BCUT2D eigenvalue weighted by Crippen LogP contribution is -2.38. The van der Waals surface area contributed by atoms with E-state index in [-0.39, 0.29) is 0 Å². The van der Waals surface area contributed by atoms with Crippen LogP contribution in [0.2, 0.25) is 0 Å². The number of pyridine rings is 1. The van der Waals surface area contributed by atoms with E-state index in [0.717, 1.165) is 24.7 Å². The molecule has 0 atom stereocenters. The van der Waals surface area contributed by atoms with Crippen LogP contribution >= 0.6 is 0 Å². The van der Waals surface area contributed by atoms with Crippen LogP contribution in [-0.2, 0) is 6.42 Å². The van der Waals surface area contributed by atoms with Crippen molar-refractivity contribution in [3.63, 3.8) is 0 Å². The number of nitrogens with one attached hydrogen (secondary N) is 2. The van der Waals surface area contributed by atoms with E-state index in [1.807, 2.05) is 43.3 Å². The fourth-order valence-electron chi connectivity index (χ4n) is 3.29. The SMILES string of the molecule is CCNC(=NCCCOc1ccc2ccccc2c1)NCCc1noc(-c2ccccn2)n1. The zero-order chi connectivity index (χ0) is 22.7. The van der Waals surface area contributed by atoms with Crippen LogP contribution < -0.4 is 15.4 Å². The summed E-state index contributed by atoms with van der Waals surface area (Å²) < 4.78 is 11.2. The molecule has 2 aromatic carbocycles. The predicted molar refractivity (Wildman–Crippen MR) is 129 cm³/mol. The van der Waals surface area contributed by atoms with Gasteiger partial charge in [-0.05, 0) is 42.0 Å². The maximum absolute atomic E-state index is 5.89. The van der Waals surface area contributed by atoms with Crippen LogP contribution in [0.1, 0.15) is 19.2 Å². The maximum Gasteiger partial charge on any atom is 0.276 e. The minimum Gasteiger partial charge on any atom is -0.494 e. The Labute approximate surface area is 193 Å². The van der Waals surface area contributed by atoms with Gasteiger partial charge >= 0.3 is 0 Å². The monoisotopic (exact) mass is 444 g/mol. The molecule has 170 valence electrons. The minimum atomic E-state index is 0.428. The first kappa shape index (κ1) is 22.3. The molecule has 0 aliphatic heterocycles. The summed E-state index contributed by atoms with van der Waals surface area (Å²) in [7, 11) is 0. The average molecular weight is 445 g/mol. The molecule has 4 rings (SSSR count). The molecule has 33 heavy (non-hydrogen) atoms. The normalized spacial score (nSPS) is 11.5. The summed E-state index contributed by atoms with van der Waals surface area (Å²) in [6, 6.07) is 20.0. The first-order valence-electron chi connectivity index (χ1n) is 11.2. The van der Waals surface area contributed by atoms with Crippen molar-refractivity contribution in [2.45, 2.75) is 19.8 Å². The van der Waals surface area contributed by atoms with Gasteiger partial charge in [0.1, 0.15) is 11.4 Å². The number of benzene rings is 2. The second-order valence-electron chi connectivity index (χ2n) is 7.38. The molecular formula is C25H28N6O2. The van der Waals surface area contributed by atoms with Crippen LogP contribution in [0.4, 0.5) is 0 Å². The Morgan fingerprint density at radius 2 is 1.91 bits per heavy atom. The largest absolute Gasteiger partial charge is 0.494 e. The first-order valence-corrected chi connectivity index (χ1v) is 11.2. The molecule has 0 fully saturated rings. The molecule has 4 aromatic rings. The quantitative estimate of drug-likeness (QED) is 0.218. The number of hydrogen-bond acceptors (Lipinski definition) is 6. The lowest BCUT2D eigenvalue weighted by atomic mass is 10.1. The summed E-state index contributed by atoms with van der Waals surface area (Å²) in [5.74, 6) is 2.70. The van der Waals surface area contributed by atoms with Gasteiger partial charge in [0.05, 0.1) is 6.61 Å². The van der Waals surface area contributed by atoms with Crippen LogP contribution in [0.3, 0.4) is 0 Å². The molecule has 0 bridgehead atoms. The van der Waals surface area contributed by atoms with Gasteiger partial charge < -0.3 is 19.9 Å². The molecular weight excluding hydrogens is 416 g/mol. The summed E-state index contributed by atoms with van der Waals surface area (Å²) in [6.45, 7) is 4.74. The third-order valence-corrected chi connectivity index (χ3v) is 4.90. The first-order chi connectivity index (χ1) is 16.3. The zero-order valence-electron chi connectivity index (χ0n) is 18.7. The molecule has 0 saturated heterocycles. The number of rotatable bonds is 10. The van der Waals surface area contributed by atoms with Crippen molar-refractivity contribution in [3.05, 3.63) is 72.7 Å². The Kier molecular flexibility index (Phi) is 7.83. The second kappa shape index (κ2) is 11.6. The van der Waals surface area contributed by atoms with E-state index >= 15 is 0 Å². The lowest BCUT2D eigenvalue weighted by molar-refractivity contribution is 0.314. The molecule has 2 aromatic heterocycles. The predicted octanol–water partition coefficient (Wildman–Crippen LogP) is 3.85. The van der Waals surface area contributed by atoms with Gasteiger partial charge in [0.15, 0.2) is 11.8 Å². The van der Waals surface area contributed by atoms with Gasteiger partial charge in [-0.3, -0.25) is 9.98 Å². The molecule has 8 heteroatoms. The molecule has 0 radical (unpaired) electrons. The van der Waals surface area contributed by atoms with Crippen LogP contribution in [0.25, 0.3) is 22.4 Å². The van der Waals surface area contributed by atoms with Crippen molar-refractivity contribution in [2.75, 3.05) is 26.2 Å². The number of aliphatic imine (C=N–C) groups is 1. The number of aromatic nitrogens is 3. The van der Waals surface area contributed by atoms with E-state index in [9.17, 15) is 0 Å². The molecule has 0 aliphatic rings. The van der Waals surface area contributed by atoms with Gasteiger partial charge in [-0.1, -0.05) is 41.6 Å². The van der Waals surface area contributed by atoms with E-state index in [1.54, 1.807) is 6.20 Å². The van der Waals surface area contributed by atoms with Crippen LogP contribution in [0.15, 0.2) is 76.4 Å². The molecule has 2 N–H and O–H groups in total. The van der Waals surface area contributed by atoms with Crippen LogP contribution in [-0.4, -0.2) is 47.3 Å². The Morgan fingerprint density at radius 3 is 2.76 bits per heavy atom. The highest BCUT2D eigenvalue weighted by Gasteiger charge is 2.09. The van der Waals surface area contributed by atoms with E-state index < -0.39 is 0 Å². The third-order valence-electron chi connectivity index (χ3n) is 4.90. The second-order valence-corrected chi connectivity index (χ2v) is 7.38. The molecule has 0 saturated carbocycles. The summed E-state index contributed by atoms with van der Waals surface area (Å²) in [5, 5.41) is 13.0. The highest BCUT2D eigenvalue weighted by molar-refractivity contribution is 5.83. The van der Waals surface area contributed by atoms with Crippen LogP contribution in [0, 0.1) is 0 Å². The van der Waals surface area contributed by atoms with Crippen molar-refractivity contribution in [3.8, 4) is 17.3 Å². The highest BCUT2D eigenvalue weighted by atomic mass is 16.5. The van der Waals surface area contributed by atoms with Gasteiger partial charge in [0.2, 0.25) is 0 Å². The molecule has 0 amide bonds. The number of nitrogens with zero attached hydrogens (tertiary/aromatic N) is 4. The standard InChI is InChI=1S/C25H28N6O2/c1-2-26-25(29-16-13-23-30-24(33-31-23)22-10-5-6-14-27-22)28-15-7-17-32-21-12-11-19-8-3-4-9-20(19)18-21/h3-6,8-12,14,18H,2,7,13,15-17H2,1H3,(H2,26,28,29). The Hall–Kier alpha value is -3.94. The van der Waals surface area contributed by atoms with Gasteiger partial charge in [0.25, 0.3) is 5.89 Å². The summed E-state index contributed by atoms with van der Waals surface area (Å²) in [5.41, 5.74) is 0.671. The summed E-state index contributed by atoms with van der Waals surface area (Å²) in [6.07, 6.45) is 3.14. The van der Waals surface area contributed by atoms with E-state index in [0.29, 0.717) is 43.5 Å². The van der Waals surface area contributed by atoms with Crippen molar-refractivity contribution < 1.29 is 9.26 Å². The third kappa shape index (κ3) is 6.52. The minimum absolute atomic E-state index is 0.428. The van der Waals surface area contributed by atoms with Crippen LogP contribution in [0.5, 0.6) is 5.75 Å². The molecule has 0 unspecified atom stereocenters. The molecule has 2 heterocycles. The van der Waals surface area contributed by atoms with E-state index in [1.165, 1.54) is 10.8 Å². The van der Waals surface area contributed by atoms with E-state index in [2.05, 4.69) is 55.0 Å². The highest BCUT2D eigenvalue weighted by Crippen LogP contribution is 2.20. The molecule has 8 nitrogen and oxygen atoms in total. The Morgan fingerprint density at radius 1 is 1.03 bits per heavy atom. The summed E-state index contributed by atoms with van der Waals surface area (Å²) >= 11 is 0. The lowest BCUT2D eigenvalue weighted by Gasteiger charge is -2.10. The number of guanidine groups is 1. The Balaban J connectivity index is 1.20. The zero-order valence-corrected chi connectivity index (χ0v) is 18.7. The van der Waals surface area contributed by atoms with E-state index in [4.69, 9.17) is 9.26 Å². The van der Waals surface area contributed by atoms with Gasteiger partial charge in [-0.25, -0.2) is 0 Å². The smallest absolute Gasteiger partial charge is 0.276 e. The fraction of sp³-hybridized carbons (Fsp3) is 0.280. The molecule has 0 spiro atoms. The topological polar surface area (TPSA) is 97.5 Å². The van der Waals surface area contributed by atoms with Gasteiger partial charge in [0, 0.05) is 38.7 Å². The fourth-order valence-corrected chi connectivity index (χ4v) is 3.29. The van der Waals surface area contributed by atoms with Crippen molar-refractivity contribution in [2.24, 2.45) is 4.99 Å². The Bertz CT molecular complexity index is 1180. The number of fused-ring (bicyclic) bond motifs is 1. The van der Waals surface area contributed by atoms with Gasteiger partial charge in [-0.15, -0.1) is 0 Å². The summed E-state index contributed by atoms with van der Waals surface area (Å²) in [4.78, 5) is 13.2. The van der Waals surface area contributed by atoms with Crippen molar-refractivity contribution in [1.29, 1.82) is 0 Å². The molecule has 0 aliphatic carbocycles. The van der Waals surface area contributed by atoms with Gasteiger partial charge in [-0.2, -0.15) is 4.98 Å². The number of ether oxygens (including phenoxy) is 1.